The molecule has 0 saturated heterocycles. The van der Waals surface area contributed by atoms with E-state index >= 15 is 0 Å². The maximum Gasteiger partial charge on any atom is 0.119 e. The van der Waals surface area contributed by atoms with E-state index in [1.54, 1.807) is 0 Å². The van der Waals surface area contributed by atoms with Crippen LogP contribution in [0.2, 0.25) is 0 Å². The molecule has 0 aliphatic carbocycles. The zero-order valence-corrected chi connectivity index (χ0v) is 11.5. The second-order valence-corrected chi connectivity index (χ2v) is 5.50. The molecular formula is C16H21NO2. The van der Waals surface area contributed by atoms with Crippen molar-refractivity contribution in [3.8, 4) is 5.75 Å². The summed E-state index contributed by atoms with van der Waals surface area (Å²) in [6.45, 7) is 4.40. The molecule has 0 spiro atoms. The predicted octanol–water partition coefficient (Wildman–Crippen LogP) is 3.02. The van der Waals surface area contributed by atoms with E-state index in [-0.39, 0.29) is 5.41 Å². The first-order chi connectivity index (χ1) is 9.08. The van der Waals surface area contributed by atoms with Gasteiger partial charge in [0.15, 0.2) is 0 Å². The van der Waals surface area contributed by atoms with Crippen LogP contribution in [0.3, 0.4) is 0 Å². The first-order valence-corrected chi connectivity index (χ1v) is 6.56. The summed E-state index contributed by atoms with van der Waals surface area (Å²) in [4.78, 5) is 3.17. The number of rotatable bonds is 6. The lowest BCUT2D eigenvalue weighted by Gasteiger charge is -2.30. The monoisotopic (exact) mass is 259 g/mol. The van der Waals surface area contributed by atoms with Crippen molar-refractivity contribution in [1.29, 1.82) is 0 Å². The topological polar surface area (TPSA) is 45.2 Å². The van der Waals surface area contributed by atoms with Crippen LogP contribution in [0.15, 0.2) is 48.7 Å². The van der Waals surface area contributed by atoms with Crippen molar-refractivity contribution in [3.05, 3.63) is 54.4 Å². The number of para-hydroxylation sites is 1. The lowest BCUT2D eigenvalue weighted by atomic mass is 9.82. The average Bonchev–Trinajstić information content (AvgIpc) is 2.89. The van der Waals surface area contributed by atoms with Gasteiger partial charge in [0.05, 0.1) is 6.10 Å². The van der Waals surface area contributed by atoms with Crippen molar-refractivity contribution in [2.75, 3.05) is 6.61 Å². The molecule has 0 bridgehead atoms. The van der Waals surface area contributed by atoms with Gasteiger partial charge in [0, 0.05) is 11.9 Å². The Bertz CT molecular complexity index is 477. The zero-order valence-electron chi connectivity index (χ0n) is 11.5. The van der Waals surface area contributed by atoms with Gasteiger partial charge in [-0.25, -0.2) is 0 Å². The molecule has 1 aromatic heterocycles. The van der Waals surface area contributed by atoms with Crippen LogP contribution in [0.1, 0.15) is 19.5 Å². The highest BCUT2D eigenvalue weighted by Gasteiger charge is 2.29. The fourth-order valence-corrected chi connectivity index (χ4v) is 2.00. The molecule has 0 fully saturated rings. The second kappa shape index (κ2) is 5.93. The molecule has 3 heteroatoms. The molecule has 2 aromatic rings. The van der Waals surface area contributed by atoms with Crippen molar-refractivity contribution in [1.82, 2.24) is 4.98 Å². The van der Waals surface area contributed by atoms with E-state index in [4.69, 9.17) is 4.74 Å². The van der Waals surface area contributed by atoms with E-state index in [1.165, 1.54) is 0 Å². The fraction of sp³-hybridized carbons (Fsp3) is 0.375. The first kappa shape index (κ1) is 13.7. The number of H-pyrrole nitrogens is 1. The maximum absolute atomic E-state index is 10.3. The second-order valence-electron chi connectivity index (χ2n) is 5.50. The summed E-state index contributed by atoms with van der Waals surface area (Å²) in [5.74, 6) is 0.789. The van der Waals surface area contributed by atoms with Gasteiger partial charge < -0.3 is 14.8 Å². The van der Waals surface area contributed by atoms with Crippen molar-refractivity contribution >= 4 is 0 Å². The third kappa shape index (κ3) is 3.86. The normalized spacial score (nSPS) is 13.2. The minimum atomic E-state index is -0.518. The van der Waals surface area contributed by atoms with Crippen LogP contribution < -0.4 is 4.74 Å². The average molecular weight is 259 g/mol. The Morgan fingerprint density at radius 2 is 1.89 bits per heavy atom. The summed E-state index contributed by atoms with van der Waals surface area (Å²) in [5.41, 5.74) is 0.892. The van der Waals surface area contributed by atoms with Crippen molar-refractivity contribution in [2.45, 2.75) is 26.4 Å². The molecule has 0 radical (unpaired) electrons. The summed E-state index contributed by atoms with van der Waals surface area (Å²) in [6, 6.07) is 13.6. The Morgan fingerprint density at radius 1 is 1.16 bits per heavy atom. The third-order valence-corrected chi connectivity index (χ3v) is 3.36. The summed E-state index contributed by atoms with van der Waals surface area (Å²) < 4.78 is 5.61. The van der Waals surface area contributed by atoms with E-state index in [9.17, 15) is 5.11 Å². The van der Waals surface area contributed by atoms with Crippen molar-refractivity contribution in [2.24, 2.45) is 5.41 Å². The molecule has 102 valence electrons. The molecule has 1 aromatic carbocycles. The van der Waals surface area contributed by atoms with Gasteiger partial charge in [0.25, 0.3) is 0 Å². The predicted molar refractivity (Wildman–Crippen MR) is 76.2 cm³/mol. The first-order valence-electron chi connectivity index (χ1n) is 6.56. The molecule has 0 saturated carbocycles. The SMILES string of the molecule is CC(C)(Cc1ccc[nH]1)C(O)COc1ccccc1. The van der Waals surface area contributed by atoms with Gasteiger partial charge in [-0.2, -0.15) is 0 Å². The number of aliphatic hydroxyl groups is 1. The Morgan fingerprint density at radius 3 is 2.53 bits per heavy atom. The Kier molecular flexibility index (Phi) is 4.27. The molecule has 0 aliphatic heterocycles. The minimum Gasteiger partial charge on any atom is -0.491 e. The minimum absolute atomic E-state index is 0.236. The van der Waals surface area contributed by atoms with E-state index in [0.29, 0.717) is 6.61 Å². The molecule has 19 heavy (non-hydrogen) atoms. The molecule has 1 heterocycles. The number of aromatic amines is 1. The highest BCUT2D eigenvalue weighted by molar-refractivity contribution is 5.21. The highest BCUT2D eigenvalue weighted by Crippen LogP contribution is 2.26. The molecule has 2 N–H and O–H groups in total. The quantitative estimate of drug-likeness (QED) is 0.837. The number of benzene rings is 1. The number of nitrogens with one attached hydrogen (secondary N) is 1. The maximum atomic E-state index is 10.3. The van der Waals surface area contributed by atoms with Gasteiger partial charge in [-0.3, -0.25) is 0 Å². The van der Waals surface area contributed by atoms with Gasteiger partial charge in [0.2, 0.25) is 0 Å². The largest absolute Gasteiger partial charge is 0.491 e. The van der Waals surface area contributed by atoms with Crippen LogP contribution in [0.5, 0.6) is 5.75 Å². The number of aromatic nitrogens is 1. The zero-order chi connectivity index (χ0) is 13.7. The van der Waals surface area contributed by atoms with E-state index in [2.05, 4.69) is 4.98 Å². The van der Waals surface area contributed by atoms with Crippen molar-refractivity contribution < 1.29 is 9.84 Å². The van der Waals surface area contributed by atoms with Gasteiger partial charge in [0.1, 0.15) is 12.4 Å². The van der Waals surface area contributed by atoms with Gasteiger partial charge in [-0.05, 0) is 36.1 Å². The summed E-state index contributed by atoms with van der Waals surface area (Å²) in [7, 11) is 0. The summed E-state index contributed by atoms with van der Waals surface area (Å²) in [5, 5.41) is 10.3. The van der Waals surface area contributed by atoms with E-state index in [1.807, 2.05) is 62.5 Å². The van der Waals surface area contributed by atoms with Crippen LogP contribution in [-0.2, 0) is 6.42 Å². The molecule has 3 nitrogen and oxygen atoms in total. The highest BCUT2D eigenvalue weighted by atomic mass is 16.5. The standard InChI is InChI=1S/C16H21NO2/c1-16(2,11-13-7-6-10-17-13)15(18)12-19-14-8-4-3-5-9-14/h3-10,15,17-18H,11-12H2,1-2H3. The summed E-state index contributed by atoms with van der Waals surface area (Å²) in [6.07, 6.45) is 2.17. The molecule has 0 aliphatic rings. The number of hydrogen-bond donors (Lipinski definition) is 2. The lowest BCUT2D eigenvalue weighted by Crippen LogP contribution is -2.36. The number of hydrogen-bond acceptors (Lipinski definition) is 2. The number of ether oxygens (including phenoxy) is 1. The molecule has 1 atom stereocenters. The van der Waals surface area contributed by atoms with Gasteiger partial charge in [-0.15, -0.1) is 0 Å². The third-order valence-electron chi connectivity index (χ3n) is 3.36. The van der Waals surface area contributed by atoms with Gasteiger partial charge in [-0.1, -0.05) is 32.0 Å². The van der Waals surface area contributed by atoms with E-state index in [0.717, 1.165) is 17.9 Å². The Hall–Kier alpha value is -1.74. The molecule has 0 amide bonds. The number of aliphatic hydroxyl groups excluding tert-OH is 1. The van der Waals surface area contributed by atoms with Crippen LogP contribution in [0.25, 0.3) is 0 Å². The van der Waals surface area contributed by atoms with Crippen LogP contribution >= 0.6 is 0 Å². The fourth-order valence-electron chi connectivity index (χ4n) is 2.00. The Labute approximate surface area is 114 Å². The van der Waals surface area contributed by atoms with Gasteiger partial charge >= 0.3 is 0 Å². The van der Waals surface area contributed by atoms with Crippen LogP contribution in [-0.4, -0.2) is 22.8 Å². The van der Waals surface area contributed by atoms with Crippen LogP contribution in [0, 0.1) is 5.41 Å². The Balaban J connectivity index is 1.89. The van der Waals surface area contributed by atoms with Crippen molar-refractivity contribution in [3.63, 3.8) is 0 Å². The molecule has 2 rings (SSSR count). The molecular weight excluding hydrogens is 238 g/mol. The lowest BCUT2D eigenvalue weighted by molar-refractivity contribution is 0.0114. The van der Waals surface area contributed by atoms with Crippen LogP contribution in [0.4, 0.5) is 0 Å². The van der Waals surface area contributed by atoms with E-state index < -0.39 is 6.10 Å². The molecule has 1 unspecified atom stereocenters. The smallest absolute Gasteiger partial charge is 0.119 e. The summed E-state index contributed by atoms with van der Waals surface area (Å²) >= 11 is 0.